The Hall–Kier alpha value is -1.93. The van der Waals surface area contributed by atoms with Gasteiger partial charge in [0.1, 0.15) is 4.90 Å². The number of hydrogen-bond donors (Lipinski definition) is 1. The van der Waals surface area contributed by atoms with E-state index in [1.165, 1.54) is 16.0 Å². The Labute approximate surface area is 118 Å². The molecule has 2 aromatic rings. The summed E-state index contributed by atoms with van der Waals surface area (Å²) in [5.41, 5.74) is 7.03. The SMILES string of the molecule is Cc1c(S(=O)(=O)N(C)Cc2cccnc2)c(N)nn1C. The van der Waals surface area contributed by atoms with Gasteiger partial charge in [0, 0.05) is 33.0 Å². The number of anilines is 1. The maximum absolute atomic E-state index is 12.6. The van der Waals surface area contributed by atoms with E-state index in [0.29, 0.717) is 5.69 Å². The minimum absolute atomic E-state index is 0.0167. The standard InChI is InChI=1S/C12H17N5O2S/c1-9-11(12(13)15-17(9)3)20(18,19)16(2)8-10-5-4-6-14-7-10/h4-7H,8H2,1-3H3,(H2,13,15). The van der Waals surface area contributed by atoms with Crippen molar-refractivity contribution in [3.8, 4) is 0 Å². The minimum atomic E-state index is -3.68. The summed E-state index contributed by atoms with van der Waals surface area (Å²) in [6, 6.07) is 3.58. The van der Waals surface area contributed by atoms with E-state index in [9.17, 15) is 8.42 Å². The van der Waals surface area contributed by atoms with E-state index in [0.717, 1.165) is 5.56 Å². The molecule has 0 aliphatic carbocycles. The van der Waals surface area contributed by atoms with E-state index in [4.69, 9.17) is 5.73 Å². The topological polar surface area (TPSA) is 94.1 Å². The van der Waals surface area contributed by atoms with Crippen molar-refractivity contribution in [2.24, 2.45) is 7.05 Å². The molecule has 0 radical (unpaired) electrons. The maximum Gasteiger partial charge on any atom is 0.248 e. The number of aromatic nitrogens is 3. The molecule has 0 unspecified atom stereocenters. The van der Waals surface area contributed by atoms with Crippen LogP contribution >= 0.6 is 0 Å². The van der Waals surface area contributed by atoms with Crippen molar-refractivity contribution in [3.05, 3.63) is 35.8 Å². The zero-order chi connectivity index (χ0) is 14.9. The zero-order valence-corrected chi connectivity index (χ0v) is 12.4. The number of pyridine rings is 1. The third-order valence-corrected chi connectivity index (χ3v) is 5.07. The van der Waals surface area contributed by atoms with Crippen LogP contribution in [0.2, 0.25) is 0 Å². The summed E-state index contributed by atoms with van der Waals surface area (Å²) in [6.45, 7) is 1.90. The lowest BCUT2D eigenvalue weighted by Crippen LogP contribution is -2.27. The van der Waals surface area contributed by atoms with E-state index in [2.05, 4.69) is 10.1 Å². The predicted octanol–water partition coefficient (Wildman–Crippen LogP) is 0.526. The molecule has 0 spiro atoms. The third-order valence-electron chi connectivity index (χ3n) is 3.10. The van der Waals surface area contributed by atoms with Crippen molar-refractivity contribution in [1.82, 2.24) is 19.1 Å². The monoisotopic (exact) mass is 295 g/mol. The van der Waals surface area contributed by atoms with Crippen LogP contribution in [0, 0.1) is 6.92 Å². The average Bonchev–Trinajstić information content (AvgIpc) is 2.64. The molecular formula is C12H17N5O2S. The van der Waals surface area contributed by atoms with Gasteiger partial charge in [-0.2, -0.15) is 9.40 Å². The van der Waals surface area contributed by atoms with Crippen molar-refractivity contribution in [1.29, 1.82) is 0 Å². The van der Waals surface area contributed by atoms with E-state index >= 15 is 0 Å². The summed E-state index contributed by atoms with van der Waals surface area (Å²) in [5, 5.41) is 3.94. The van der Waals surface area contributed by atoms with Crippen LogP contribution in [-0.2, 0) is 23.6 Å². The number of nitrogens with zero attached hydrogens (tertiary/aromatic N) is 4. The lowest BCUT2D eigenvalue weighted by Gasteiger charge is -2.17. The molecular weight excluding hydrogens is 278 g/mol. The van der Waals surface area contributed by atoms with E-state index in [-0.39, 0.29) is 17.3 Å². The fourth-order valence-corrected chi connectivity index (χ4v) is 3.36. The van der Waals surface area contributed by atoms with Gasteiger partial charge in [-0.1, -0.05) is 6.07 Å². The summed E-state index contributed by atoms with van der Waals surface area (Å²) in [4.78, 5) is 4.03. The predicted molar refractivity (Wildman–Crippen MR) is 75.2 cm³/mol. The van der Waals surface area contributed by atoms with Crippen molar-refractivity contribution in [3.63, 3.8) is 0 Å². The maximum atomic E-state index is 12.6. The van der Waals surface area contributed by atoms with Crippen LogP contribution in [0.5, 0.6) is 0 Å². The second-order valence-electron chi connectivity index (χ2n) is 4.55. The Bertz CT molecular complexity index is 709. The second-order valence-corrected chi connectivity index (χ2v) is 6.53. The van der Waals surface area contributed by atoms with Crippen molar-refractivity contribution < 1.29 is 8.42 Å². The van der Waals surface area contributed by atoms with Gasteiger partial charge in [0.25, 0.3) is 0 Å². The highest BCUT2D eigenvalue weighted by Gasteiger charge is 2.28. The van der Waals surface area contributed by atoms with E-state index < -0.39 is 10.0 Å². The third kappa shape index (κ3) is 2.52. The van der Waals surface area contributed by atoms with Gasteiger partial charge in [-0.15, -0.1) is 0 Å². The molecule has 0 aliphatic heterocycles. The van der Waals surface area contributed by atoms with E-state index in [1.807, 2.05) is 6.07 Å². The first-order valence-corrected chi connectivity index (χ1v) is 7.42. The molecule has 7 nitrogen and oxygen atoms in total. The van der Waals surface area contributed by atoms with Crippen LogP contribution in [0.3, 0.4) is 0 Å². The van der Waals surface area contributed by atoms with Gasteiger partial charge in [-0.25, -0.2) is 8.42 Å². The highest BCUT2D eigenvalue weighted by molar-refractivity contribution is 7.89. The normalized spacial score (nSPS) is 12.0. The Morgan fingerprint density at radius 1 is 1.45 bits per heavy atom. The summed E-state index contributed by atoms with van der Waals surface area (Å²) in [7, 11) is -0.514. The quantitative estimate of drug-likeness (QED) is 0.887. The first kappa shape index (κ1) is 14.5. The van der Waals surface area contributed by atoms with Crippen LogP contribution in [-0.4, -0.2) is 34.5 Å². The fourth-order valence-electron chi connectivity index (χ4n) is 1.92. The minimum Gasteiger partial charge on any atom is -0.381 e. The van der Waals surface area contributed by atoms with E-state index in [1.54, 1.807) is 32.4 Å². The van der Waals surface area contributed by atoms with Gasteiger partial charge in [0.05, 0.1) is 5.69 Å². The van der Waals surface area contributed by atoms with Gasteiger partial charge < -0.3 is 5.73 Å². The molecule has 2 aromatic heterocycles. The number of hydrogen-bond acceptors (Lipinski definition) is 5. The first-order chi connectivity index (χ1) is 9.34. The fraction of sp³-hybridized carbons (Fsp3) is 0.333. The molecule has 0 saturated heterocycles. The Balaban J connectivity index is 2.35. The molecule has 0 bridgehead atoms. The largest absolute Gasteiger partial charge is 0.381 e. The first-order valence-electron chi connectivity index (χ1n) is 5.98. The van der Waals surface area contributed by atoms with Crippen molar-refractivity contribution >= 4 is 15.8 Å². The highest BCUT2D eigenvalue weighted by atomic mass is 32.2. The highest BCUT2D eigenvalue weighted by Crippen LogP contribution is 2.25. The summed E-state index contributed by atoms with van der Waals surface area (Å²) in [6.07, 6.45) is 3.27. The van der Waals surface area contributed by atoms with Gasteiger partial charge in [0.15, 0.2) is 5.82 Å². The molecule has 2 N–H and O–H groups in total. The smallest absolute Gasteiger partial charge is 0.248 e. The molecule has 8 heteroatoms. The second kappa shape index (κ2) is 5.22. The molecule has 0 saturated carbocycles. The Kier molecular flexibility index (Phi) is 3.78. The molecule has 2 heterocycles. The van der Waals surface area contributed by atoms with Crippen molar-refractivity contribution in [2.45, 2.75) is 18.4 Å². The molecule has 0 aromatic carbocycles. The van der Waals surface area contributed by atoms with Crippen LogP contribution in [0.4, 0.5) is 5.82 Å². The lowest BCUT2D eigenvalue weighted by molar-refractivity contribution is 0.466. The molecule has 108 valence electrons. The van der Waals surface area contributed by atoms with Crippen LogP contribution in [0.15, 0.2) is 29.4 Å². The zero-order valence-electron chi connectivity index (χ0n) is 11.6. The molecule has 20 heavy (non-hydrogen) atoms. The number of nitrogen functional groups attached to an aromatic ring is 1. The summed E-state index contributed by atoms with van der Waals surface area (Å²) in [5.74, 6) is 0.0167. The molecule has 0 amide bonds. The van der Waals surface area contributed by atoms with Gasteiger partial charge >= 0.3 is 0 Å². The number of nitrogens with two attached hydrogens (primary N) is 1. The van der Waals surface area contributed by atoms with Gasteiger partial charge in [0.2, 0.25) is 10.0 Å². The number of sulfonamides is 1. The number of rotatable bonds is 4. The summed E-state index contributed by atoms with van der Waals surface area (Å²) >= 11 is 0. The van der Waals surface area contributed by atoms with Crippen LogP contribution < -0.4 is 5.73 Å². The molecule has 0 fully saturated rings. The summed E-state index contributed by atoms with van der Waals surface area (Å²) < 4.78 is 27.8. The Morgan fingerprint density at radius 3 is 2.65 bits per heavy atom. The number of aryl methyl sites for hydroxylation is 1. The van der Waals surface area contributed by atoms with Crippen LogP contribution in [0.25, 0.3) is 0 Å². The van der Waals surface area contributed by atoms with Gasteiger partial charge in [-0.05, 0) is 18.6 Å². The molecule has 2 rings (SSSR count). The van der Waals surface area contributed by atoms with Crippen molar-refractivity contribution in [2.75, 3.05) is 12.8 Å². The van der Waals surface area contributed by atoms with Crippen LogP contribution in [0.1, 0.15) is 11.3 Å². The van der Waals surface area contributed by atoms with Gasteiger partial charge in [-0.3, -0.25) is 9.67 Å². The average molecular weight is 295 g/mol. The Morgan fingerprint density at radius 2 is 2.15 bits per heavy atom. The molecule has 0 atom stereocenters. The lowest BCUT2D eigenvalue weighted by atomic mass is 10.3. The molecule has 0 aliphatic rings.